The third kappa shape index (κ3) is 2.97. The minimum Gasteiger partial charge on any atom is -0.326 e. The molecule has 1 saturated carbocycles. The van der Waals surface area contributed by atoms with Crippen LogP contribution in [-0.2, 0) is 11.3 Å². The van der Waals surface area contributed by atoms with Crippen molar-refractivity contribution in [2.45, 2.75) is 25.8 Å². The molecular weight excluding hydrogens is 224 g/mol. The van der Waals surface area contributed by atoms with Crippen molar-refractivity contribution in [3.8, 4) is 0 Å². The predicted octanol–water partition coefficient (Wildman–Crippen LogP) is 2.31. The Morgan fingerprint density at radius 2 is 1.94 bits per heavy atom. The van der Waals surface area contributed by atoms with Crippen LogP contribution in [0.3, 0.4) is 0 Å². The van der Waals surface area contributed by atoms with Crippen molar-refractivity contribution in [3.63, 3.8) is 0 Å². The van der Waals surface area contributed by atoms with E-state index in [2.05, 4.69) is 5.32 Å². The van der Waals surface area contributed by atoms with Crippen molar-refractivity contribution in [2.75, 3.05) is 5.32 Å². The van der Waals surface area contributed by atoms with E-state index in [0.29, 0.717) is 6.54 Å². The summed E-state index contributed by atoms with van der Waals surface area (Å²) in [5.74, 6) is 0.390. The monoisotopic (exact) mass is 240 g/mol. The Morgan fingerprint density at radius 3 is 2.38 bits per heavy atom. The maximum absolute atomic E-state index is 11.6. The van der Waals surface area contributed by atoms with E-state index in [1.165, 1.54) is 6.42 Å². The molecule has 0 saturated heterocycles. The fourth-order valence-corrected chi connectivity index (χ4v) is 1.64. The number of carbonyl (C=O) groups excluding carboxylic acids is 1. The molecule has 3 nitrogen and oxygen atoms in total. The van der Waals surface area contributed by atoms with Crippen molar-refractivity contribution in [2.24, 2.45) is 11.7 Å². The van der Waals surface area contributed by atoms with Crippen LogP contribution in [0.1, 0.15) is 24.8 Å². The first-order valence-electron chi connectivity index (χ1n) is 5.39. The second-order valence-electron chi connectivity index (χ2n) is 4.02. The number of rotatable bonds is 3. The number of nitrogens with two attached hydrogens (primary N) is 1. The van der Waals surface area contributed by atoms with Gasteiger partial charge in [0.15, 0.2) is 0 Å². The Labute approximate surface area is 102 Å². The second-order valence-corrected chi connectivity index (χ2v) is 4.02. The summed E-state index contributed by atoms with van der Waals surface area (Å²) in [5, 5.41) is 2.92. The molecule has 4 heteroatoms. The van der Waals surface area contributed by atoms with E-state index in [0.717, 1.165) is 24.1 Å². The smallest absolute Gasteiger partial charge is 0.227 e. The zero-order valence-corrected chi connectivity index (χ0v) is 9.93. The lowest BCUT2D eigenvalue weighted by Gasteiger charge is -2.24. The van der Waals surface area contributed by atoms with Gasteiger partial charge in [-0.05, 0) is 30.5 Å². The topological polar surface area (TPSA) is 55.1 Å². The molecule has 16 heavy (non-hydrogen) atoms. The SMILES string of the molecule is Cl.NCc1ccc(NC(=O)C2CCC2)cc1. The van der Waals surface area contributed by atoms with Crippen molar-refractivity contribution in [1.82, 2.24) is 0 Å². The fourth-order valence-electron chi connectivity index (χ4n) is 1.64. The molecule has 0 atom stereocenters. The molecule has 1 amide bonds. The molecule has 1 aliphatic carbocycles. The van der Waals surface area contributed by atoms with Gasteiger partial charge in [0.2, 0.25) is 5.91 Å². The molecule has 0 aliphatic heterocycles. The zero-order valence-electron chi connectivity index (χ0n) is 9.11. The van der Waals surface area contributed by atoms with E-state index in [1.54, 1.807) is 0 Å². The highest BCUT2D eigenvalue weighted by atomic mass is 35.5. The molecule has 1 aliphatic rings. The molecule has 1 fully saturated rings. The number of anilines is 1. The number of carbonyl (C=O) groups is 1. The molecule has 1 aromatic carbocycles. The average Bonchev–Trinajstić information content (AvgIpc) is 2.16. The Hall–Kier alpha value is -1.06. The molecule has 3 N–H and O–H groups in total. The van der Waals surface area contributed by atoms with E-state index in [9.17, 15) is 4.79 Å². The van der Waals surface area contributed by atoms with E-state index >= 15 is 0 Å². The highest BCUT2D eigenvalue weighted by Crippen LogP contribution is 2.27. The fraction of sp³-hybridized carbons (Fsp3) is 0.417. The van der Waals surface area contributed by atoms with Gasteiger partial charge < -0.3 is 11.1 Å². The summed E-state index contributed by atoms with van der Waals surface area (Å²) in [5.41, 5.74) is 7.44. The van der Waals surface area contributed by atoms with Crippen molar-refractivity contribution < 1.29 is 4.79 Å². The van der Waals surface area contributed by atoms with Gasteiger partial charge in [0, 0.05) is 18.2 Å². The molecule has 0 bridgehead atoms. The summed E-state index contributed by atoms with van der Waals surface area (Å²) in [6.45, 7) is 0.539. The van der Waals surface area contributed by atoms with Crippen LogP contribution in [0.4, 0.5) is 5.69 Å². The van der Waals surface area contributed by atoms with E-state index in [4.69, 9.17) is 5.73 Å². The van der Waals surface area contributed by atoms with E-state index in [1.807, 2.05) is 24.3 Å². The van der Waals surface area contributed by atoms with Gasteiger partial charge in [-0.2, -0.15) is 0 Å². The lowest BCUT2D eigenvalue weighted by atomic mass is 9.85. The average molecular weight is 241 g/mol. The molecular formula is C12H17ClN2O. The third-order valence-corrected chi connectivity index (χ3v) is 2.93. The molecule has 0 heterocycles. The van der Waals surface area contributed by atoms with Gasteiger partial charge in [-0.1, -0.05) is 18.6 Å². The predicted molar refractivity (Wildman–Crippen MR) is 67.6 cm³/mol. The maximum Gasteiger partial charge on any atom is 0.227 e. The van der Waals surface area contributed by atoms with Crippen LogP contribution < -0.4 is 11.1 Å². The summed E-state index contributed by atoms with van der Waals surface area (Å²) >= 11 is 0. The first-order chi connectivity index (χ1) is 7.29. The van der Waals surface area contributed by atoms with Crippen LogP contribution in [0, 0.1) is 5.92 Å². The van der Waals surface area contributed by atoms with Crippen LogP contribution in [-0.4, -0.2) is 5.91 Å². The molecule has 0 spiro atoms. The quantitative estimate of drug-likeness (QED) is 0.852. The number of halogens is 1. The third-order valence-electron chi connectivity index (χ3n) is 2.93. The van der Waals surface area contributed by atoms with Crippen LogP contribution in [0.5, 0.6) is 0 Å². The maximum atomic E-state index is 11.6. The van der Waals surface area contributed by atoms with E-state index in [-0.39, 0.29) is 24.2 Å². The highest BCUT2D eigenvalue weighted by Gasteiger charge is 2.24. The Morgan fingerprint density at radius 1 is 1.31 bits per heavy atom. The number of benzene rings is 1. The van der Waals surface area contributed by atoms with Crippen LogP contribution >= 0.6 is 12.4 Å². The van der Waals surface area contributed by atoms with E-state index < -0.39 is 0 Å². The molecule has 88 valence electrons. The van der Waals surface area contributed by atoms with Gasteiger partial charge in [0.25, 0.3) is 0 Å². The molecule has 2 rings (SSSR count). The van der Waals surface area contributed by atoms with Crippen LogP contribution in [0.2, 0.25) is 0 Å². The number of hydrogen-bond acceptors (Lipinski definition) is 2. The van der Waals surface area contributed by atoms with Crippen LogP contribution in [0.15, 0.2) is 24.3 Å². The number of hydrogen-bond donors (Lipinski definition) is 2. The zero-order chi connectivity index (χ0) is 10.7. The lowest BCUT2D eigenvalue weighted by molar-refractivity contribution is -0.122. The van der Waals surface area contributed by atoms with Crippen LogP contribution in [0.25, 0.3) is 0 Å². The summed E-state index contributed by atoms with van der Waals surface area (Å²) in [4.78, 5) is 11.6. The highest BCUT2D eigenvalue weighted by molar-refractivity contribution is 5.92. The standard InChI is InChI=1S/C12H16N2O.ClH/c13-8-9-4-6-11(7-5-9)14-12(15)10-2-1-3-10;/h4-7,10H,1-3,8,13H2,(H,14,15);1H. The first-order valence-corrected chi connectivity index (χ1v) is 5.39. The minimum absolute atomic E-state index is 0. The molecule has 0 aromatic heterocycles. The van der Waals surface area contributed by atoms with Gasteiger partial charge in [-0.3, -0.25) is 4.79 Å². The van der Waals surface area contributed by atoms with Crippen molar-refractivity contribution >= 4 is 24.0 Å². The van der Waals surface area contributed by atoms with Gasteiger partial charge in [0.1, 0.15) is 0 Å². The summed E-state index contributed by atoms with van der Waals surface area (Å²) in [7, 11) is 0. The first kappa shape index (κ1) is 13.0. The summed E-state index contributed by atoms with van der Waals surface area (Å²) in [6, 6.07) is 7.68. The van der Waals surface area contributed by atoms with Gasteiger partial charge in [0.05, 0.1) is 0 Å². The molecule has 1 aromatic rings. The minimum atomic E-state index is 0. The van der Waals surface area contributed by atoms with Gasteiger partial charge in [-0.15, -0.1) is 12.4 Å². The lowest BCUT2D eigenvalue weighted by Crippen LogP contribution is -2.27. The largest absolute Gasteiger partial charge is 0.326 e. The summed E-state index contributed by atoms with van der Waals surface area (Å²) < 4.78 is 0. The molecule has 0 radical (unpaired) electrons. The van der Waals surface area contributed by atoms with Gasteiger partial charge >= 0.3 is 0 Å². The van der Waals surface area contributed by atoms with Crippen molar-refractivity contribution in [1.29, 1.82) is 0 Å². The normalized spacial score (nSPS) is 14.8. The number of nitrogens with one attached hydrogen (secondary N) is 1. The second kappa shape index (κ2) is 5.87. The Kier molecular flexibility index (Phi) is 4.77. The summed E-state index contributed by atoms with van der Waals surface area (Å²) in [6.07, 6.45) is 3.25. The Bertz CT molecular complexity index is 347. The molecule has 0 unspecified atom stereocenters. The number of amides is 1. The Balaban J connectivity index is 0.00000128. The van der Waals surface area contributed by atoms with Gasteiger partial charge in [-0.25, -0.2) is 0 Å². The van der Waals surface area contributed by atoms with Crippen molar-refractivity contribution in [3.05, 3.63) is 29.8 Å².